The zero-order valence-corrected chi connectivity index (χ0v) is 14.9. The number of anilines is 2. The molecule has 0 atom stereocenters. The predicted molar refractivity (Wildman–Crippen MR) is 102 cm³/mol. The Morgan fingerprint density at radius 1 is 1.07 bits per heavy atom. The van der Waals surface area contributed by atoms with Crippen LogP contribution in [0.1, 0.15) is 16.1 Å². The fourth-order valence-corrected chi connectivity index (χ4v) is 2.70. The molecular formula is C20H16ClF2N3O. The first-order chi connectivity index (χ1) is 13.0. The van der Waals surface area contributed by atoms with E-state index in [9.17, 15) is 13.6 Å². The second kappa shape index (κ2) is 8.60. The Morgan fingerprint density at radius 2 is 1.93 bits per heavy atom. The lowest BCUT2D eigenvalue weighted by atomic mass is 10.1. The molecule has 3 rings (SSSR count). The van der Waals surface area contributed by atoms with Gasteiger partial charge in [-0.25, -0.2) is 8.78 Å². The molecule has 0 unspecified atom stereocenters. The van der Waals surface area contributed by atoms with Crippen LogP contribution in [0.25, 0.3) is 0 Å². The van der Waals surface area contributed by atoms with Crippen molar-refractivity contribution in [1.82, 2.24) is 4.98 Å². The van der Waals surface area contributed by atoms with Crippen molar-refractivity contribution in [3.8, 4) is 0 Å². The molecule has 0 aliphatic heterocycles. The summed E-state index contributed by atoms with van der Waals surface area (Å²) < 4.78 is 26.6. The fraction of sp³-hybridized carbons (Fsp3) is 0.100. The third-order valence-corrected chi connectivity index (χ3v) is 4.04. The van der Waals surface area contributed by atoms with E-state index in [2.05, 4.69) is 15.6 Å². The number of halogens is 3. The molecule has 0 aliphatic rings. The number of nitrogens with one attached hydrogen (secondary N) is 2. The summed E-state index contributed by atoms with van der Waals surface area (Å²) >= 11 is 5.96. The smallest absolute Gasteiger partial charge is 0.274 e. The number of aromatic nitrogens is 1. The molecule has 27 heavy (non-hydrogen) atoms. The maximum atomic E-state index is 13.7. The maximum absolute atomic E-state index is 13.7. The molecule has 3 aromatic rings. The first-order valence-electron chi connectivity index (χ1n) is 8.22. The van der Waals surface area contributed by atoms with Gasteiger partial charge in [-0.15, -0.1) is 0 Å². The number of hydrogen-bond donors (Lipinski definition) is 2. The quantitative estimate of drug-likeness (QED) is 0.631. The van der Waals surface area contributed by atoms with Gasteiger partial charge in [0.05, 0.1) is 5.69 Å². The number of pyridine rings is 1. The van der Waals surface area contributed by atoms with Gasteiger partial charge in [-0.3, -0.25) is 9.78 Å². The highest BCUT2D eigenvalue weighted by molar-refractivity contribution is 6.30. The predicted octanol–water partition coefficient (Wildman–Crippen LogP) is 4.92. The van der Waals surface area contributed by atoms with Crippen molar-refractivity contribution in [2.75, 3.05) is 17.2 Å². The molecule has 2 aromatic carbocycles. The summed E-state index contributed by atoms with van der Waals surface area (Å²) in [5, 5.41) is 6.27. The van der Waals surface area contributed by atoms with E-state index < -0.39 is 17.5 Å². The van der Waals surface area contributed by atoms with Crippen LogP contribution in [0.5, 0.6) is 0 Å². The first-order valence-corrected chi connectivity index (χ1v) is 8.60. The van der Waals surface area contributed by atoms with E-state index in [-0.39, 0.29) is 11.4 Å². The molecule has 0 bridgehead atoms. The lowest BCUT2D eigenvalue weighted by Crippen LogP contribution is -2.15. The Kier molecular flexibility index (Phi) is 5.98. The summed E-state index contributed by atoms with van der Waals surface area (Å²) in [6.07, 6.45) is 2.24. The summed E-state index contributed by atoms with van der Waals surface area (Å²) in [7, 11) is 0. The maximum Gasteiger partial charge on any atom is 0.274 e. The second-order valence-electron chi connectivity index (χ2n) is 5.81. The fourth-order valence-electron chi connectivity index (χ4n) is 2.49. The highest BCUT2D eigenvalue weighted by Crippen LogP contribution is 2.17. The average Bonchev–Trinajstić information content (AvgIpc) is 2.64. The Balaban J connectivity index is 1.61. The largest absolute Gasteiger partial charge is 0.385 e. The van der Waals surface area contributed by atoms with Gasteiger partial charge in [-0.1, -0.05) is 23.7 Å². The summed E-state index contributed by atoms with van der Waals surface area (Å²) in [5.74, 6) is -2.15. The van der Waals surface area contributed by atoms with E-state index in [1.54, 1.807) is 12.1 Å². The van der Waals surface area contributed by atoms with Crippen molar-refractivity contribution >= 4 is 28.9 Å². The number of hydrogen-bond acceptors (Lipinski definition) is 3. The lowest BCUT2D eigenvalue weighted by molar-refractivity contribution is 0.102. The van der Waals surface area contributed by atoms with E-state index in [4.69, 9.17) is 11.6 Å². The molecule has 0 fully saturated rings. The number of carbonyl (C=O) groups excluding carboxylic acids is 1. The molecule has 4 nitrogen and oxygen atoms in total. The second-order valence-corrected chi connectivity index (χ2v) is 6.25. The Labute approximate surface area is 160 Å². The highest BCUT2D eigenvalue weighted by Gasteiger charge is 2.12. The van der Waals surface area contributed by atoms with E-state index in [0.717, 1.165) is 24.1 Å². The molecule has 0 aliphatic carbocycles. The van der Waals surface area contributed by atoms with Gasteiger partial charge >= 0.3 is 0 Å². The van der Waals surface area contributed by atoms with Gasteiger partial charge in [0.25, 0.3) is 5.91 Å². The van der Waals surface area contributed by atoms with Crippen LogP contribution in [0.3, 0.4) is 0 Å². The summed E-state index contributed by atoms with van der Waals surface area (Å²) in [4.78, 5) is 16.3. The van der Waals surface area contributed by atoms with Crippen LogP contribution < -0.4 is 10.6 Å². The van der Waals surface area contributed by atoms with Gasteiger partial charge in [0.2, 0.25) is 0 Å². The molecular weight excluding hydrogens is 372 g/mol. The summed E-state index contributed by atoms with van der Waals surface area (Å²) in [5.41, 5.74) is 1.81. The van der Waals surface area contributed by atoms with E-state index >= 15 is 0 Å². The molecule has 1 aromatic heterocycles. The Bertz CT molecular complexity index is 965. The topological polar surface area (TPSA) is 54.0 Å². The molecule has 138 valence electrons. The lowest BCUT2D eigenvalue weighted by Gasteiger charge is -2.09. The van der Waals surface area contributed by atoms with Gasteiger partial charge in [0.15, 0.2) is 0 Å². The van der Waals surface area contributed by atoms with E-state index in [0.29, 0.717) is 23.3 Å². The summed E-state index contributed by atoms with van der Waals surface area (Å²) in [6.45, 7) is 0.637. The Hall–Kier alpha value is -2.99. The van der Waals surface area contributed by atoms with Crippen LogP contribution in [0, 0.1) is 11.6 Å². The van der Waals surface area contributed by atoms with Crippen molar-refractivity contribution < 1.29 is 13.6 Å². The van der Waals surface area contributed by atoms with Crippen LogP contribution in [-0.4, -0.2) is 17.4 Å². The molecule has 0 spiro atoms. The van der Waals surface area contributed by atoms with Crippen LogP contribution >= 0.6 is 11.6 Å². The van der Waals surface area contributed by atoms with Gasteiger partial charge < -0.3 is 10.6 Å². The van der Waals surface area contributed by atoms with Crippen LogP contribution in [0.4, 0.5) is 20.2 Å². The van der Waals surface area contributed by atoms with Crippen molar-refractivity contribution in [3.63, 3.8) is 0 Å². The summed E-state index contributed by atoms with van der Waals surface area (Å²) in [6, 6.07) is 13.8. The number of amides is 1. The zero-order valence-electron chi connectivity index (χ0n) is 14.2. The van der Waals surface area contributed by atoms with Crippen molar-refractivity contribution in [2.45, 2.75) is 6.42 Å². The average molecular weight is 388 g/mol. The SMILES string of the molecule is O=C(Nc1ccc(F)cc1F)c1cc(NCCc2cccc(Cl)c2)ccn1. The van der Waals surface area contributed by atoms with Gasteiger partial charge in [-0.05, 0) is 48.4 Å². The normalized spacial score (nSPS) is 10.5. The molecule has 1 amide bonds. The van der Waals surface area contributed by atoms with Gasteiger partial charge in [0, 0.05) is 29.5 Å². The molecule has 1 heterocycles. The minimum atomic E-state index is -0.848. The zero-order chi connectivity index (χ0) is 19.2. The number of benzene rings is 2. The van der Waals surface area contributed by atoms with Crippen LogP contribution in [0.2, 0.25) is 5.02 Å². The van der Waals surface area contributed by atoms with Crippen molar-refractivity contribution in [1.29, 1.82) is 0 Å². The molecule has 2 N–H and O–H groups in total. The van der Waals surface area contributed by atoms with Crippen molar-refractivity contribution in [2.24, 2.45) is 0 Å². The molecule has 0 radical (unpaired) electrons. The third kappa shape index (κ3) is 5.24. The third-order valence-electron chi connectivity index (χ3n) is 3.80. The number of carbonyl (C=O) groups is 1. The minimum absolute atomic E-state index is 0.109. The van der Waals surface area contributed by atoms with E-state index in [1.807, 2.05) is 24.3 Å². The highest BCUT2D eigenvalue weighted by atomic mass is 35.5. The molecule has 7 heteroatoms. The monoisotopic (exact) mass is 387 g/mol. The van der Waals surface area contributed by atoms with Gasteiger partial charge in [-0.2, -0.15) is 0 Å². The van der Waals surface area contributed by atoms with Gasteiger partial charge in [0.1, 0.15) is 17.3 Å². The van der Waals surface area contributed by atoms with Crippen molar-refractivity contribution in [3.05, 3.63) is 88.7 Å². The molecule has 0 saturated heterocycles. The standard InChI is InChI=1S/C20H16ClF2N3O/c21-14-3-1-2-13(10-14)6-8-24-16-7-9-25-19(12-16)20(27)26-18-5-4-15(22)11-17(18)23/h1-5,7,9-12H,6,8H2,(H,24,25)(H,26,27). The number of nitrogens with zero attached hydrogens (tertiary/aromatic N) is 1. The molecule has 0 saturated carbocycles. The Morgan fingerprint density at radius 3 is 2.70 bits per heavy atom. The minimum Gasteiger partial charge on any atom is -0.385 e. The van der Waals surface area contributed by atoms with E-state index in [1.165, 1.54) is 6.20 Å². The van der Waals surface area contributed by atoms with Crippen LogP contribution in [-0.2, 0) is 6.42 Å². The number of rotatable bonds is 6. The first kappa shape index (κ1) is 18.8. The van der Waals surface area contributed by atoms with Crippen LogP contribution in [0.15, 0.2) is 60.8 Å².